The number of nitrogens with two attached hydrogens (primary N) is 1. The number of carbonyl (C=O) groups is 1. The Morgan fingerprint density at radius 3 is 2.86 bits per heavy atom. The monoisotopic (exact) mass is 190 g/mol. The average molecular weight is 190 g/mol. The molecule has 1 aromatic carbocycles. The van der Waals surface area contributed by atoms with Crippen molar-refractivity contribution >= 4 is 11.6 Å². The van der Waals surface area contributed by atoms with E-state index in [4.69, 9.17) is 5.73 Å². The van der Waals surface area contributed by atoms with Gasteiger partial charge in [0.05, 0.1) is 0 Å². The summed E-state index contributed by atoms with van der Waals surface area (Å²) >= 11 is 0. The van der Waals surface area contributed by atoms with Gasteiger partial charge in [-0.25, -0.2) is 0 Å². The minimum Gasteiger partial charge on any atom is -0.316 e. The number of amides is 1. The first-order chi connectivity index (χ1) is 6.65. The van der Waals surface area contributed by atoms with Crippen LogP contribution >= 0.6 is 0 Å². The zero-order valence-electron chi connectivity index (χ0n) is 8.45. The summed E-state index contributed by atoms with van der Waals surface area (Å²) in [4.78, 5) is 13.2. The molecule has 0 fully saturated rings. The quantitative estimate of drug-likeness (QED) is 0.723. The first kappa shape index (κ1) is 9.21. The van der Waals surface area contributed by atoms with Crippen molar-refractivity contribution in [3.8, 4) is 0 Å². The van der Waals surface area contributed by atoms with Gasteiger partial charge in [0, 0.05) is 18.3 Å². The zero-order chi connectivity index (χ0) is 10.3. The highest BCUT2D eigenvalue weighted by atomic mass is 16.2. The summed E-state index contributed by atoms with van der Waals surface area (Å²) in [6.07, 6.45) is 0.970. The molecule has 0 unspecified atom stereocenters. The van der Waals surface area contributed by atoms with E-state index in [1.54, 1.807) is 11.9 Å². The summed E-state index contributed by atoms with van der Waals surface area (Å²) < 4.78 is 0. The van der Waals surface area contributed by atoms with Crippen molar-refractivity contribution in [1.82, 2.24) is 0 Å². The highest BCUT2D eigenvalue weighted by molar-refractivity contribution is 6.04. The van der Waals surface area contributed by atoms with Gasteiger partial charge in [0.15, 0.2) is 0 Å². The third-order valence-corrected chi connectivity index (χ3v) is 2.79. The van der Waals surface area contributed by atoms with Crippen molar-refractivity contribution in [2.75, 3.05) is 11.9 Å². The third-order valence-electron chi connectivity index (χ3n) is 2.79. The fourth-order valence-corrected chi connectivity index (χ4v) is 1.84. The van der Waals surface area contributed by atoms with Gasteiger partial charge in [0.25, 0.3) is 0 Å². The number of benzene rings is 1. The maximum absolute atomic E-state index is 11.6. The Kier molecular flexibility index (Phi) is 2.04. The topological polar surface area (TPSA) is 46.3 Å². The maximum atomic E-state index is 11.6. The lowest BCUT2D eigenvalue weighted by Crippen LogP contribution is -2.27. The van der Waals surface area contributed by atoms with Crippen molar-refractivity contribution in [2.24, 2.45) is 5.73 Å². The number of rotatable bonds is 1. The Bertz CT molecular complexity index is 387. The van der Waals surface area contributed by atoms with Gasteiger partial charge in [0.1, 0.15) is 6.04 Å². The number of nitrogens with zero attached hydrogens (tertiary/aromatic N) is 1. The van der Waals surface area contributed by atoms with Crippen LogP contribution in [0.25, 0.3) is 0 Å². The Labute approximate surface area is 83.5 Å². The van der Waals surface area contributed by atoms with Crippen LogP contribution in [0.2, 0.25) is 0 Å². The van der Waals surface area contributed by atoms with Gasteiger partial charge in [-0.05, 0) is 18.1 Å². The van der Waals surface area contributed by atoms with Crippen LogP contribution in [0.3, 0.4) is 0 Å². The molecule has 0 aliphatic carbocycles. The molecule has 0 saturated heterocycles. The van der Waals surface area contributed by atoms with Crippen LogP contribution in [0.4, 0.5) is 5.69 Å². The average Bonchev–Trinajstić information content (AvgIpc) is 2.44. The molecule has 74 valence electrons. The van der Waals surface area contributed by atoms with E-state index < -0.39 is 6.04 Å². The fourth-order valence-electron chi connectivity index (χ4n) is 1.84. The second-order valence-corrected chi connectivity index (χ2v) is 3.62. The first-order valence-electron chi connectivity index (χ1n) is 4.81. The molecule has 0 aromatic heterocycles. The number of anilines is 1. The van der Waals surface area contributed by atoms with Gasteiger partial charge >= 0.3 is 0 Å². The second kappa shape index (κ2) is 3.10. The summed E-state index contributed by atoms with van der Waals surface area (Å²) in [6, 6.07) is 5.57. The molecule has 0 saturated carbocycles. The van der Waals surface area contributed by atoms with Crippen LogP contribution in [-0.2, 0) is 11.2 Å². The molecule has 0 spiro atoms. The summed E-state index contributed by atoms with van der Waals surface area (Å²) in [7, 11) is 1.76. The van der Waals surface area contributed by atoms with Crippen LogP contribution in [0.1, 0.15) is 24.1 Å². The SMILES string of the molecule is CCc1ccc2c(c1)[C@@H](N)C(=O)N2C. The molecular formula is C11H14N2O. The van der Waals surface area contributed by atoms with E-state index in [-0.39, 0.29) is 5.91 Å². The van der Waals surface area contributed by atoms with Crippen LogP contribution in [0.15, 0.2) is 18.2 Å². The van der Waals surface area contributed by atoms with Crippen LogP contribution < -0.4 is 10.6 Å². The molecule has 1 aliphatic rings. The van der Waals surface area contributed by atoms with E-state index in [2.05, 4.69) is 6.92 Å². The second-order valence-electron chi connectivity index (χ2n) is 3.62. The molecule has 0 radical (unpaired) electrons. The van der Waals surface area contributed by atoms with E-state index in [1.807, 2.05) is 18.2 Å². The molecule has 3 heteroatoms. The highest BCUT2D eigenvalue weighted by Crippen LogP contribution is 2.33. The van der Waals surface area contributed by atoms with E-state index >= 15 is 0 Å². The van der Waals surface area contributed by atoms with Crippen LogP contribution in [0.5, 0.6) is 0 Å². The Balaban J connectivity index is 2.53. The Hall–Kier alpha value is -1.35. The third kappa shape index (κ3) is 1.13. The number of hydrogen-bond donors (Lipinski definition) is 1. The molecule has 2 rings (SSSR count). The van der Waals surface area contributed by atoms with E-state index in [0.29, 0.717) is 0 Å². The van der Waals surface area contributed by atoms with Crippen molar-refractivity contribution in [3.63, 3.8) is 0 Å². The zero-order valence-corrected chi connectivity index (χ0v) is 8.45. The van der Waals surface area contributed by atoms with E-state index in [1.165, 1.54) is 5.56 Å². The summed E-state index contributed by atoms with van der Waals surface area (Å²) in [6.45, 7) is 2.09. The number of fused-ring (bicyclic) bond motifs is 1. The number of carbonyl (C=O) groups excluding carboxylic acids is 1. The fraction of sp³-hybridized carbons (Fsp3) is 0.364. The number of aryl methyl sites for hydroxylation is 1. The van der Waals surface area contributed by atoms with Crippen molar-refractivity contribution in [2.45, 2.75) is 19.4 Å². The molecule has 1 heterocycles. The predicted octanol–water partition coefficient (Wildman–Crippen LogP) is 1.23. The Morgan fingerprint density at radius 2 is 2.21 bits per heavy atom. The van der Waals surface area contributed by atoms with E-state index in [0.717, 1.165) is 17.7 Å². The smallest absolute Gasteiger partial charge is 0.248 e. The molecule has 1 atom stereocenters. The first-order valence-corrected chi connectivity index (χ1v) is 4.81. The molecule has 14 heavy (non-hydrogen) atoms. The van der Waals surface area contributed by atoms with Gasteiger partial charge in [-0.3, -0.25) is 4.79 Å². The summed E-state index contributed by atoms with van der Waals surface area (Å²) in [5.41, 5.74) is 8.94. The van der Waals surface area contributed by atoms with Gasteiger partial charge < -0.3 is 10.6 Å². The molecule has 1 aromatic rings. The van der Waals surface area contributed by atoms with Crippen LogP contribution in [0, 0.1) is 0 Å². The minimum absolute atomic E-state index is 0.0201. The van der Waals surface area contributed by atoms with Gasteiger partial charge in [-0.1, -0.05) is 19.1 Å². The van der Waals surface area contributed by atoms with Gasteiger partial charge in [-0.2, -0.15) is 0 Å². The van der Waals surface area contributed by atoms with Crippen molar-refractivity contribution in [1.29, 1.82) is 0 Å². The number of hydrogen-bond acceptors (Lipinski definition) is 2. The number of likely N-dealkylation sites (N-methyl/N-ethyl adjacent to an activating group) is 1. The summed E-state index contributed by atoms with van der Waals surface area (Å²) in [5.74, 6) is -0.0201. The molecule has 3 nitrogen and oxygen atoms in total. The van der Waals surface area contributed by atoms with Gasteiger partial charge in [0.2, 0.25) is 5.91 Å². The molecule has 1 amide bonds. The predicted molar refractivity (Wildman–Crippen MR) is 56.2 cm³/mol. The summed E-state index contributed by atoms with van der Waals surface area (Å²) in [5, 5.41) is 0. The Morgan fingerprint density at radius 1 is 1.50 bits per heavy atom. The molecular weight excluding hydrogens is 176 g/mol. The highest BCUT2D eigenvalue weighted by Gasteiger charge is 2.31. The lowest BCUT2D eigenvalue weighted by molar-refractivity contribution is -0.118. The molecule has 0 bridgehead atoms. The normalized spacial score (nSPS) is 20.1. The lowest BCUT2D eigenvalue weighted by atomic mass is 10.0. The van der Waals surface area contributed by atoms with Gasteiger partial charge in [-0.15, -0.1) is 0 Å². The molecule has 1 aliphatic heterocycles. The van der Waals surface area contributed by atoms with Crippen molar-refractivity contribution in [3.05, 3.63) is 29.3 Å². The standard InChI is InChI=1S/C11H14N2O/c1-3-7-4-5-9-8(6-7)10(12)11(14)13(9)2/h4-6,10H,3,12H2,1-2H3/t10-/m1/s1. The maximum Gasteiger partial charge on any atom is 0.248 e. The van der Waals surface area contributed by atoms with E-state index in [9.17, 15) is 4.79 Å². The molecule has 2 N–H and O–H groups in total. The van der Waals surface area contributed by atoms with Crippen LogP contribution in [-0.4, -0.2) is 13.0 Å². The largest absolute Gasteiger partial charge is 0.316 e. The lowest BCUT2D eigenvalue weighted by Gasteiger charge is -2.09. The van der Waals surface area contributed by atoms with Crippen molar-refractivity contribution < 1.29 is 4.79 Å². The minimum atomic E-state index is -0.471.